The average Bonchev–Trinajstić information content (AvgIpc) is 2.64. The molecule has 0 spiro atoms. The molecule has 2 aromatic rings. The van der Waals surface area contributed by atoms with E-state index in [9.17, 15) is 9.59 Å². The monoisotopic (exact) mass is 376 g/mol. The molecular formula is C19H21ClN2O4. The third kappa shape index (κ3) is 6.29. The Morgan fingerprint density at radius 1 is 1.12 bits per heavy atom. The number of carbonyl (C=O) groups excluding carboxylic acids is 2. The van der Waals surface area contributed by atoms with Gasteiger partial charge in [-0.15, -0.1) is 0 Å². The van der Waals surface area contributed by atoms with Crippen molar-refractivity contribution >= 4 is 29.2 Å². The minimum absolute atomic E-state index is 0.298. The number of nitrogens with one attached hydrogen (secondary N) is 1. The number of nitrogens with zero attached hydrogens (tertiary/aromatic N) is 1. The minimum atomic E-state index is -0.540. The first kappa shape index (κ1) is 19.6. The SMILES string of the molecule is CN(C)c1cccc(C(=O)OCC(=O)NCCOc2ccc(Cl)cc2)c1. The molecular weight excluding hydrogens is 356 g/mol. The van der Waals surface area contributed by atoms with E-state index in [2.05, 4.69) is 5.32 Å². The number of rotatable bonds is 8. The highest BCUT2D eigenvalue weighted by molar-refractivity contribution is 6.30. The predicted octanol–water partition coefficient (Wildman–Crippen LogP) is 2.76. The maximum atomic E-state index is 12.0. The largest absolute Gasteiger partial charge is 0.492 e. The van der Waals surface area contributed by atoms with Gasteiger partial charge in [0.2, 0.25) is 0 Å². The Hall–Kier alpha value is -2.73. The fourth-order valence-corrected chi connectivity index (χ4v) is 2.19. The number of carbonyl (C=O) groups is 2. The highest BCUT2D eigenvalue weighted by atomic mass is 35.5. The van der Waals surface area contributed by atoms with Crippen molar-refractivity contribution in [3.63, 3.8) is 0 Å². The van der Waals surface area contributed by atoms with Gasteiger partial charge < -0.3 is 19.7 Å². The predicted molar refractivity (Wildman–Crippen MR) is 101 cm³/mol. The zero-order valence-corrected chi connectivity index (χ0v) is 15.5. The first-order chi connectivity index (χ1) is 12.5. The zero-order valence-electron chi connectivity index (χ0n) is 14.7. The van der Waals surface area contributed by atoms with Crippen LogP contribution >= 0.6 is 11.6 Å². The van der Waals surface area contributed by atoms with E-state index in [1.165, 1.54) is 0 Å². The summed E-state index contributed by atoms with van der Waals surface area (Å²) in [6.07, 6.45) is 0. The van der Waals surface area contributed by atoms with Crippen LogP contribution in [-0.4, -0.2) is 45.7 Å². The molecule has 6 nitrogen and oxygen atoms in total. The summed E-state index contributed by atoms with van der Waals surface area (Å²) < 4.78 is 10.5. The molecule has 2 rings (SSSR count). The van der Waals surface area contributed by atoms with Crippen LogP contribution in [0.3, 0.4) is 0 Å². The number of anilines is 1. The van der Waals surface area contributed by atoms with Crippen LogP contribution in [0, 0.1) is 0 Å². The topological polar surface area (TPSA) is 67.9 Å². The second-order valence-electron chi connectivity index (χ2n) is 5.67. The fraction of sp³-hybridized carbons (Fsp3) is 0.263. The lowest BCUT2D eigenvalue weighted by atomic mass is 10.2. The van der Waals surface area contributed by atoms with Crippen molar-refractivity contribution in [1.29, 1.82) is 0 Å². The normalized spacial score (nSPS) is 10.1. The number of esters is 1. The van der Waals surface area contributed by atoms with Crippen LogP contribution in [0.5, 0.6) is 5.75 Å². The number of halogens is 1. The van der Waals surface area contributed by atoms with Crippen molar-refractivity contribution in [2.24, 2.45) is 0 Å². The highest BCUT2D eigenvalue weighted by Gasteiger charge is 2.11. The van der Waals surface area contributed by atoms with Crippen molar-refractivity contribution in [3.05, 3.63) is 59.1 Å². The molecule has 0 bridgehead atoms. The molecule has 1 N–H and O–H groups in total. The van der Waals surface area contributed by atoms with Crippen molar-refractivity contribution in [2.75, 3.05) is 38.8 Å². The zero-order chi connectivity index (χ0) is 18.9. The fourth-order valence-electron chi connectivity index (χ4n) is 2.07. The summed E-state index contributed by atoms with van der Waals surface area (Å²) in [6.45, 7) is 0.257. The van der Waals surface area contributed by atoms with E-state index in [-0.39, 0.29) is 12.5 Å². The lowest BCUT2D eigenvalue weighted by Crippen LogP contribution is -2.32. The number of hydrogen-bond acceptors (Lipinski definition) is 5. The molecule has 0 aromatic heterocycles. The molecule has 0 aliphatic carbocycles. The molecule has 0 unspecified atom stereocenters. The van der Waals surface area contributed by atoms with Gasteiger partial charge in [0.25, 0.3) is 5.91 Å². The van der Waals surface area contributed by atoms with Crippen LogP contribution in [0.25, 0.3) is 0 Å². The molecule has 7 heteroatoms. The number of amides is 1. The maximum Gasteiger partial charge on any atom is 0.338 e. The van der Waals surface area contributed by atoms with E-state index in [1.807, 2.05) is 25.1 Å². The number of hydrogen-bond donors (Lipinski definition) is 1. The van der Waals surface area contributed by atoms with E-state index in [0.717, 1.165) is 5.69 Å². The third-order valence-corrected chi connectivity index (χ3v) is 3.69. The summed E-state index contributed by atoms with van der Waals surface area (Å²) in [6, 6.07) is 13.9. The van der Waals surface area contributed by atoms with E-state index < -0.39 is 5.97 Å². The smallest absolute Gasteiger partial charge is 0.338 e. The third-order valence-electron chi connectivity index (χ3n) is 3.44. The summed E-state index contributed by atoms with van der Waals surface area (Å²) in [5.74, 6) is -0.265. The average molecular weight is 377 g/mol. The van der Waals surface area contributed by atoms with Gasteiger partial charge in [0, 0.05) is 24.8 Å². The minimum Gasteiger partial charge on any atom is -0.492 e. The molecule has 0 saturated heterocycles. The van der Waals surface area contributed by atoms with Gasteiger partial charge in [0.05, 0.1) is 12.1 Å². The van der Waals surface area contributed by atoms with E-state index >= 15 is 0 Å². The Labute approximate surface area is 157 Å². The highest BCUT2D eigenvalue weighted by Crippen LogP contribution is 2.15. The lowest BCUT2D eigenvalue weighted by Gasteiger charge is -2.13. The number of benzene rings is 2. The summed E-state index contributed by atoms with van der Waals surface area (Å²) in [4.78, 5) is 25.6. The second-order valence-corrected chi connectivity index (χ2v) is 6.11. The summed E-state index contributed by atoms with van der Waals surface area (Å²) in [5, 5.41) is 3.25. The van der Waals surface area contributed by atoms with Crippen LogP contribution in [0.2, 0.25) is 5.02 Å². The van der Waals surface area contributed by atoms with Crippen LogP contribution in [0.4, 0.5) is 5.69 Å². The van der Waals surface area contributed by atoms with Crippen molar-refractivity contribution in [3.8, 4) is 5.75 Å². The van der Waals surface area contributed by atoms with Gasteiger partial charge in [-0.25, -0.2) is 4.79 Å². The van der Waals surface area contributed by atoms with Gasteiger partial charge in [0.1, 0.15) is 12.4 Å². The van der Waals surface area contributed by atoms with Crippen LogP contribution < -0.4 is 15.0 Å². The van der Waals surface area contributed by atoms with Gasteiger partial charge in [0.15, 0.2) is 6.61 Å². The van der Waals surface area contributed by atoms with Crippen LogP contribution in [0.1, 0.15) is 10.4 Å². The molecule has 0 saturated carbocycles. The Balaban J connectivity index is 1.68. The molecule has 26 heavy (non-hydrogen) atoms. The van der Waals surface area contributed by atoms with Gasteiger partial charge in [-0.3, -0.25) is 4.79 Å². The molecule has 0 atom stereocenters. The molecule has 0 radical (unpaired) electrons. The van der Waals surface area contributed by atoms with Crippen molar-refractivity contribution in [1.82, 2.24) is 5.32 Å². The van der Waals surface area contributed by atoms with E-state index in [4.69, 9.17) is 21.1 Å². The van der Waals surface area contributed by atoms with Crippen molar-refractivity contribution in [2.45, 2.75) is 0 Å². The maximum absolute atomic E-state index is 12.0. The molecule has 0 aliphatic heterocycles. The molecule has 0 fully saturated rings. The summed E-state index contributed by atoms with van der Waals surface area (Å²) >= 11 is 5.79. The van der Waals surface area contributed by atoms with Gasteiger partial charge in [-0.1, -0.05) is 17.7 Å². The van der Waals surface area contributed by atoms with E-state index in [1.54, 1.807) is 42.5 Å². The summed E-state index contributed by atoms with van der Waals surface area (Å²) in [5.41, 5.74) is 1.28. The Morgan fingerprint density at radius 2 is 1.85 bits per heavy atom. The molecule has 0 heterocycles. The Bertz CT molecular complexity index is 747. The molecule has 2 aromatic carbocycles. The second kappa shape index (κ2) is 9.68. The van der Waals surface area contributed by atoms with Crippen LogP contribution in [-0.2, 0) is 9.53 Å². The molecule has 1 amide bonds. The van der Waals surface area contributed by atoms with Crippen LogP contribution in [0.15, 0.2) is 48.5 Å². The first-order valence-electron chi connectivity index (χ1n) is 8.05. The molecule has 0 aliphatic rings. The standard InChI is InChI=1S/C19H21ClN2O4/c1-22(2)16-5-3-4-14(12-16)19(24)26-13-18(23)21-10-11-25-17-8-6-15(20)7-9-17/h3-9,12H,10-11,13H2,1-2H3,(H,21,23). The van der Waals surface area contributed by atoms with Gasteiger partial charge in [-0.05, 0) is 42.5 Å². The van der Waals surface area contributed by atoms with Gasteiger partial charge in [-0.2, -0.15) is 0 Å². The van der Waals surface area contributed by atoms with Crippen molar-refractivity contribution < 1.29 is 19.1 Å². The Morgan fingerprint density at radius 3 is 2.54 bits per heavy atom. The number of ether oxygens (including phenoxy) is 2. The lowest BCUT2D eigenvalue weighted by molar-refractivity contribution is -0.124. The van der Waals surface area contributed by atoms with Gasteiger partial charge >= 0.3 is 5.97 Å². The molecule has 138 valence electrons. The summed E-state index contributed by atoms with van der Waals surface area (Å²) in [7, 11) is 3.76. The first-order valence-corrected chi connectivity index (χ1v) is 8.43. The Kier molecular flexibility index (Phi) is 7.29. The quantitative estimate of drug-likeness (QED) is 0.566. The van der Waals surface area contributed by atoms with E-state index in [0.29, 0.717) is 29.5 Å².